The molecule has 152 valence electrons. The van der Waals surface area contributed by atoms with Gasteiger partial charge in [0.05, 0.1) is 26.2 Å². The third-order valence-corrected chi connectivity index (χ3v) is 5.11. The molecule has 0 heterocycles. The van der Waals surface area contributed by atoms with Gasteiger partial charge in [0.2, 0.25) is 15.8 Å². The van der Waals surface area contributed by atoms with E-state index in [4.69, 9.17) is 25.1 Å². The first-order valence-corrected chi connectivity index (χ1v) is 9.94. The maximum absolute atomic E-state index is 12.6. The molecule has 1 atom stereocenters. The third-order valence-electron chi connectivity index (χ3n) is 4.18. The highest BCUT2D eigenvalue weighted by Crippen LogP contribution is 2.38. The molecule has 1 unspecified atom stereocenters. The van der Waals surface area contributed by atoms with Gasteiger partial charge in [-0.15, -0.1) is 0 Å². The number of carbonyl (C=O) groups excluding carboxylic acids is 1. The monoisotopic (exact) mass is 408 g/mol. The Bertz CT molecular complexity index is 916. The van der Waals surface area contributed by atoms with Crippen molar-refractivity contribution >= 4 is 15.8 Å². The van der Waals surface area contributed by atoms with Gasteiger partial charge in [-0.25, -0.2) is 13.6 Å². The molecular formula is C19H24N2O6S. The summed E-state index contributed by atoms with van der Waals surface area (Å²) in [4.78, 5) is 12.7. The Balaban J connectivity index is 2.12. The van der Waals surface area contributed by atoms with Gasteiger partial charge in [-0.2, -0.15) is 0 Å². The average molecular weight is 408 g/mol. The molecule has 28 heavy (non-hydrogen) atoms. The van der Waals surface area contributed by atoms with Crippen LogP contribution in [-0.4, -0.2) is 41.6 Å². The molecule has 2 rings (SSSR count). The molecule has 0 spiro atoms. The van der Waals surface area contributed by atoms with E-state index >= 15 is 0 Å². The van der Waals surface area contributed by atoms with Crippen LogP contribution in [0.3, 0.4) is 0 Å². The van der Waals surface area contributed by atoms with E-state index in [1.165, 1.54) is 33.5 Å². The van der Waals surface area contributed by atoms with Crippen molar-refractivity contribution in [3.05, 3.63) is 47.5 Å². The molecule has 0 aromatic heterocycles. The minimum absolute atomic E-state index is 0.0262. The van der Waals surface area contributed by atoms with E-state index in [1.54, 1.807) is 24.3 Å². The van der Waals surface area contributed by atoms with E-state index in [1.807, 2.05) is 0 Å². The first kappa shape index (κ1) is 21.7. The summed E-state index contributed by atoms with van der Waals surface area (Å²) in [6, 6.07) is 8.80. The summed E-state index contributed by atoms with van der Waals surface area (Å²) < 4.78 is 38.4. The predicted molar refractivity (Wildman–Crippen MR) is 105 cm³/mol. The lowest BCUT2D eigenvalue weighted by atomic mass is 9.98. The summed E-state index contributed by atoms with van der Waals surface area (Å²) in [5.74, 6) is 1.00. The number of hydrogen-bond acceptors (Lipinski definition) is 7. The second kappa shape index (κ2) is 9.05. The van der Waals surface area contributed by atoms with Gasteiger partial charge in [-0.1, -0.05) is 12.1 Å². The molecule has 9 heteroatoms. The maximum Gasteiger partial charge on any atom is 0.238 e. The Morgan fingerprint density at radius 1 is 1.00 bits per heavy atom. The zero-order valence-electron chi connectivity index (χ0n) is 16.0. The lowest BCUT2D eigenvalue weighted by molar-refractivity contribution is 0.0973. The molecule has 0 aliphatic rings. The van der Waals surface area contributed by atoms with Gasteiger partial charge in [0.15, 0.2) is 17.3 Å². The fourth-order valence-corrected chi connectivity index (χ4v) is 3.30. The number of carbonyl (C=O) groups is 1. The van der Waals surface area contributed by atoms with Crippen molar-refractivity contribution in [3.63, 3.8) is 0 Å². The number of ketones is 1. The normalized spacial score (nSPS) is 12.3. The first-order chi connectivity index (χ1) is 13.2. The van der Waals surface area contributed by atoms with Crippen molar-refractivity contribution in [2.75, 3.05) is 21.3 Å². The zero-order valence-corrected chi connectivity index (χ0v) is 16.8. The smallest absolute Gasteiger partial charge is 0.238 e. The highest BCUT2D eigenvalue weighted by Gasteiger charge is 2.19. The van der Waals surface area contributed by atoms with Gasteiger partial charge in [0, 0.05) is 18.0 Å². The molecule has 0 radical (unpaired) electrons. The van der Waals surface area contributed by atoms with Gasteiger partial charge < -0.3 is 19.9 Å². The number of primary sulfonamides is 1. The Morgan fingerprint density at radius 2 is 1.54 bits per heavy atom. The summed E-state index contributed by atoms with van der Waals surface area (Å²) in [6.45, 7) is 0. The summed E-state index contributed by atoms with van der Waals surface area (Å²) in [5.41, 5.74) is 7.32. The van der Waals surface area contributed by atoms with Crippen molar-refractivity contribution in [1.29, 1.82) is 0 Å². The van der Waals surface area contributed by atoms with Crippen LogP contribution in [0.1, 0.15) is 22.3 Å². The predicted octanol–water partition coefficient (Wildman–Crippen LogP) is 1.50. The number of methoxy groups -OCH3 is 3. The number of ether oxygens (including phenoxy) is 3. The second-order valence-corrected chi connectivity index (χ2v) is 7.76. The van der Waals surface area contributed by atoms with Gasteiger partial charge in [0.25, 0.3) is 0 Å². The van der Waals surface area contributed by atoms with Crippen molar-refractivity contribution in [2.45, 2.75) is 23.8 Å². The van der Waals surface area contributed by atoms with Crippen molar-refractivity contribution in [3.8, 4) is 17.2 Å². The van der Waals surface area contributed by atoms with Crippen molar-refractivity contribution in [2.24, 2.45) is 10.9 Å². The summed E-state index contributed by atoms with van der Waals surface area (Å²) in [6.07, 6.45) is 0.497. The Kier molecular flexibility index (Phi) is 7.00. The van der Waals surface area contributed by atoms with Gasteiger partial charge in [-0.3, -0.25) is 4.79 Å². The molecule has 0 fully saturated rings. The summed E-state index contributed by atoms with van der Waals surface area (Å²) >= 11 is 0. The van der Waals surface area contributed by atoms with Gasteiger partial charge >= 0.3 is 0 Å². The van der Waals surface area contributed by atoms with Gasteiger partial charge in [0.1, 0.15) is 0 Å². The molecule has 8 nitrogen and oxygen atoms in total. The van der Waals surface area contributed by atoms with Crippen LogP contribution in [0, 0.1) is 0 Å². The second-order valence-electron chi connectivity index (χ2n) is 6.19. The maximum atomic E-state index is 12.6. The topological polar surface area (TPSA) is 131 Å². The molecule has 0 aliphatic carbocycles. The number of nitrogens with two attached hydrogens (primary N) is 2. The quantitative estimate of drug-likeness (QED) is 0.601. The van der Waals surface area contributed by atoms with Crippen LogP contribution in [0.5, 0.6) is 17.2 Å². The van der Waals surface area contributed by atoms with E-state index < -0.39 is 16.1 Å². The SMILES string of the molecule is COc1cc(C(=O)CC(N)Cc2ccc(S(N)(=O)=O)cc2)cc(OC)c1OC. The molecule has 2 aromatic carbocycles. The fraction of sp³-hybridized carbons (Fsp3) is 0.316. The average Bonchev–Trinajstić information content (AvgIpc) is 2.66. The molecule has 2 aromatic rings. The van der Waals surface area contributed by atoms with Crippen LogP contribution >= 0.6 is 0 Å². The van der Waals surface area contributed by atoms with E-state index in [2.05, 4.69) is 0 Å². The van der Waals surface area contributed by atoms with Crippen LogP contribution < -0.4 is 25.1 Å². The Morgan fingerprint density at radius 3 is 1.96 bits per heavy atom. The molecule has 4 N–H and O–H groups in total. The third kappa shape index (κ3) is 5.22. The van der Waals surface area contributed by atoms with Crippen LogP contribution in [-0.2, 0) is 16.4 Å². The van der Waals surface area contributed by atoms with E-state index in [-0.39, 0.29) is 17.1 Å². The summed E-state index contributed by atoms with van der Waals surface area (Å²) in [5, 5.41) is 5.08. The molecule has 0 bridgehead atoms. The molecular weight excluding hydrogens is 384 g/mol. The standard InChI is InChI=1S/C19H24N2O6S/c1-25-17-9-13(10-18(26-2)19(17)27-3)16(22)11-14(20)8-12-4-6-15(7-5-12)28(21,23)24/h4-7,9-10,14H,8,11,20H2,1-3H3,(H2,21,23,24). The van der Waals surface area contributed by atoms with Crippen molar-refractivity contribution < 1.29 is 27.4 Å². The van der Waals surface area contributed by atoms with Crippen molar-refractivity contribution in [1.82, 2.24) is 0 Å². The minimum atomic E-state index is -3.74. The van der Waals surface area contributed by atoms with Crippen LogP contribution in [0.15, 0.2) is 41.3 Å². The molecule has 0 amide bonds. The lowest BCUT2D eigenvalue weighted by Gasteiger charge is -2.15. The van der Waals surface area contributed by atoms with E-state index in [9.17, 15) is 13.2 Å². The molecule has 0 saturated carbocycles. The number of hydrogen-bond donors (Lipinski definition) is 2. The fourth-order valence-electron chi connectivity index (χ4n) is 2.79. The van der Waals surface area contributed by atoms with Gasteiger partial charge in [-0.05, 0) is 36.2 Å². The highest BCUT2D eigenvalue weighted by atomic mass is 32.2. The van der Waals surface area contributed by atoms with E-state index in [0.29, 0.717) is 29.2 Å². The number of sulfonamides is 1. The Hall–Kier alpha value is -2.62. The zero-order chi connectivity index (χ0) is 20.9. The number of benzene rings is 2. The van der Waals surface area contributed by atoms with Crippen LogP contribution in [0.25, 0.3) is 0 Å². The molecule has 0 saturated heterocycles. The summed E-state index contributed by atoms with van der Waals surface area (Å²) in [7, 11) is 0.693. The van der Waals surface area contributed by atoms with Crippen LogP contribution in [0.4, 0.5) is 0 Å². The van der Waals surface area contributed by atoms with E-state index in [0.717, 1.165) is 5.56 Å². The molecule has 0 aliphatic heterocycles. The Labute approximate surface area is 164 Å². The largest absolute Gasteiger partial charge is 0.493 e. The highest BCUT2D eigenvalue weighted by molar-refractivity contribution is 7.89. The number of Topliss-reactive ketones (excluding diaryl/α,β-unsaturated/α-hetero) is 1. The number of rotatable bonds is 9. The van der Waals surface area contributed by atoms with Crippen LogP contribution in [0.2, 0.25) is 0 Å². The minimum Gasteiger partial charge on any atom is -0.493 e. The first-order valence-electron chi connectivity index (χ1n) is 8.40. The lowest BCUT2D eigenvalue weighted by Crippen LogP contribution is -2.26.